The molecule has 0 saturated heterocycles. The van der Waals surface area contributed by atoms with Crippen molar-refractivity contribution in [1.29, 1.82) is 0 Å². The molecule has 1 aromatic carbocycles. The number of aromatic nitrogens is 1. The van der Waals surface area contributed by atoms with Gasteiger partial charge >= 0.3 is 0 Å². The molecule has 2 N–H and O–H groups in total. The van der Waals surface area contributed by atoms with Crippen LogP contribution in [0.3, 0.4) is 0 Å². The lowest BCUT2D eigenvalue weighted by Gasteiger charge is -2.01. The largest absolute Gasteiger partial charge is 0.397 e. The first-order valence-electron chi connectivity index (χ1n) is 3.78. The Morgan fingerprint density at radius 3 is 2.92 bits per heavy atom. The Kier molecular flexibility index (Phi) is 1.66. The number of nitrogen functional groups attached to an aromatic ring is 1. The lowest BCUT2D eigenvalue weighted by Crippen LogP contribution is -1.86. The zero-order valence-corrected chi connectivity index (χ0v) is 6.77. The number of rotatable bonds is 1. The molecule has 13 heavy (non-hydrogen) atoms. The van der Waals surface area contributed by atoms with E-state index >= 15 is 0 Å². The van der Waals surface area contributed by atoms with Crippen LogP contribution in [0.15, 0.2) is 35.8 Å². The second kappa shape index (κ2) is 2.82. The van der Waals surface area contributed by atoms with Gasteiger partial charge in [0, 0.05) is 17.8 Å². The van der Waals surface area contributed by atoms with Crippen molar-refractivity contribution in [2.75, 3.05) is 5.73 Å². The zero-order chi connectivity index (χ0) is 9.26. The molecule has 0 aliphatic rings. The van der Waals surface area contributed by atoms with E-state index in [4.69, 9.17) is 5.73 Å². The smallest absolute Gasteiger partial charge is 0.140 e. The molecule has 1 aromatic heterocycles. The molecule has 0 spiro atoms. The van der Waals surface area contributed by atoms with E-state index < -0.39 is 0 Å². The van der Waals surface area contributed by atoms with Gasteiger partial charge in [0.2, 0.25) is 0 Å². The van der Waals surface area contributed by atoms with Crippen LogP contribution in [0.5, 0.6) is 0 Å². The number of nitrogens with two attached hydrogens (primary N) is 1. The van der Waals surface area contributed by atoms with Crippen LogP contribution in [0.1, 0.15) is 0 Å². The van der Waals surface area contributed by atoms with E-state index in [-0.39, 0.29) is 5.69 Å². The second-order valence-electron chi connectivity index (χ2n) is 2.69. The van der Waals surface area contributed by atoms with Crippen molar-refractivity contribution in [3.05, 3.63) is 35.5 Å². The van der Waals surface area contributed by atoms with Crippen LogP contribution in [0, 0.1) is 4.91 Å². The van der Waals surface area contributed by atoms with Gasteiger partial charge in [-0.15, -0.1) is 4.91 Å². The van der Waals surface area contributed by atoms with Crippen molar-refractivity contribution < 1.29 is 0 Å². The van der Waals surface area contributed by atoms with Gasteiger partial charge in [0.05, 0.1) is 5.69 Å². The highest BCUT2D eigenvalue weighted by Gasteiger charge is 2.04. The highest BCUT2D eigenvalue weighted by Crippen LogP contribution is 2.30. The number of anilines is 1. The van der Waals surface area contributed by atoms with Gasteiger partial charge in [-0.25, -0.2) is 0 Å². The molecule has 0 radical (unpaired) electrons. The maximum absolute atomic E-state index is 10.5. The van der Waals surface area contributed by atoms with E-state index in [0.717, 1.165) is 5.39 Å². The van der Waals surface area contributed by atoms with Gasteiger partial charge in [-0.05, 0) is 22.7 Å². The molecule has 0 bridgehead atoms. The molecule has 0 aliphatic heterocycles. The summed E-state index contributed by atoms with van der Waals surface area (Å²) in [4.78, 5) is 14.4. The van der Waals surface area contributed by atoms with Crippen LogP contribution in [-0.2, 0) is 0 Å². The number of hydrogen-bond acceptors (Lipinski definition) is 4. The van der Waals surface area contributed by atoms with Gasteiger partial charge in [0.25, 0.3) is 0 Å². The highest BCUT2D eigenvalue weighted by molar-refractivity contribution is 5.97. The van der Waals surface area contributed by atoms with E-state index in [1.54, 1.807) is 18.5 Å². The Bertz CT molecular complexity index is 467. The topological polar surface area (TPSA) is 68.3 Å². The summed E-state index contributed by atoms with van der Waals surface area (Å²) in [6.45, 7) is 0. The first-order chi connectivity index (χ1) is 6.33. The molecule has 0 aliphatic carbocycles. The van der Waals surface area contributed by atoms with Crippen LogP contribution in [0.25, 0.3) is 10.8 Å². The summed E-state index contributed by atoms with van der Waals surface area (Å²) in [6.07, 6.45) is 3.25. The molecule has 0 saturated carbocycles. The van der Waals surface area contributed by atoms with E-state index in [1.807, 2.05) is 12.1 Å². The predicted octanol–water partition coefficient (Wildman–Crippen LogP) is 2.21. The van der Waals surface area contributed by atoms with E-state index in [9.17, 15) is 4.91 Å². The molecular formula is C9H7N3O. The quantitative estimate of drug-likeness (QED) is 0.531. The fraction of sp³-hybridized carbons (Fsp3) is 0. The van der Waals surface area contributed by atoms with Crippen molar-refractivity contribution in [2.24, 2.45) is 5.18 Å². The van der Waals surface area contributed by atoms with Gasteiger partial charge in [-0.1, -0.05) is 6.07 Å². The third kappa shape index (κ3) is 1.12. The fourth-order valence-corrected chi connectivity index (χ4v) is 1.26. The van der Waals surface area contributed by atoms with Gasteiger partial charge in [-0.2, -0.15) is 0 Å². The summed E-state index contributed by atoms with van der Waals surface area (Å²) in [5, 5.41) is 4.49. The van der Waals surface area contributed by atoms with E-state index in [1.165, 1.54) is 0 Å². The third-order valence-electron chi connectivity index (χ3n) is 1.92. The molecule has 2 rings (SSSR count). The number of benzene rings is 1. The molecule has 0 atom stereocenters. The summed E-state index contributed by atoms with van der Waals surface area (Å²) < 4.78 is 0. The molecule has 4 heteroatoms. The summed E-state index contributed by atoms with van der Waals surface area (Å²) in [5.41, 5.74) is 6.23. The lowest BCUT2D eigenvalue weighted by atomic mass is 10.1. The summed E-state index contributed by atoms with van der Waals surface area (Å²) in [5.74, 6) is 0. The van der Waals surface area contributed by atoms with Crippen molar-refractivity contribution in [3.63, 3.8) is 0 Å². The first-order valence-corrected chi connectivity index (χ1v) is 3.78. The van der Waals surface area contributed by atoms with Gasteiger partial charge in [0.1, 0.15) is 5.69 Å². The van der Waals surface area contributed by atoms with Gasteiger partial charge in [0.15, 0.2) is 0 Å². The minimum Gasteiger partial charge on any atom is -0.397 e. The van der Waals surface area contributed by atoms with Crippen LogP contribution in [0.4, 0.5) is 11.4 Å². The Morgan fingerprint density at radius 1 is 1.31 bits per heavy atom. The van der Waals surface area contributed by atoms with Crippen molar-refractivity contribution in [1.82, 2.24) is 4.98 Å². The van der Waals surface area contributed by atoms with E-state index in [2.05, 4.69) is 10.2 Å². The predicted molar refractivity (Wildman–Crippen MR) is 51.6 cm³/mol. The molecule has 64 valence electrons. The number of nitroso groups, excluding NO2 is 1. The Labute approximate surface area is 74.4 Å². The molecule has 4 nitrogen and oxygen atoms in total. The number of nitrogens with zero attached hydrogens (tertiary/aromatic N) is 2. The highest BCUT2D eigenvalue weighted by atomic mass is 16.3. The van der Waals surface area contributed by atoms with E-state index in [0.29, 0.717) is 11.1 Å². The molecule has 0 amide bonds. The van der Waals surface area contributed by atoms with Crippen LogP contribution >= 0.6 is 0 Å². The van der Waals surface area contributed by atoms with Gasteiger partial charge < -0.3 is 5.73 Å². The van der Waals surface area contributed by atoms with Crippen LogP contribution < -0.4 is 5.73 Å². The minimum atomic E-state index is 0.269. The summed E-state index contributed by atoms with van der Waals surface area (Å²) in [6, 6.07) is 5.31. The zero-order valence-electron chi connectivity index (χ0n) is 6.77. The van der Waals surface area contributed by atoms with Gasteiger partial charge in [-0.3, -0.25) is 4.98 Å². The second-order valence-corrected chi connectivity index (χ2v) is 2.69. The molecular weight excluding hydrogens is 166 g/mol. The number of pyridine rings is 1. The lowest BCUT2D eigenvalue weighted by molar-refractivity contribution is 1.36. The van der Waals surface area contributed by atoms with Crippen molar-refractivity contribution >= 4 is 22.1 Å². The first kappa shape index (κ1) is 7.67. The molecule has 0 unspecified atom stereocenters. The third-order valence-corrected chi connectivity index (χ3v) is 1.92. The van der Waals surface area contributed by atoms with Crippen molar-refractivity contribution in [2.45, 2.75) is 0 Å². The summed E-state index contributed by atoms with van der Waals surface area (Å²) >= 11 is 0. The molecule has 2 aromatic rings. The number of fused-ring (bicyclic) bond motifs is 1. The normalized spacial score (nSPS) is 10.2. The average Bonchev–Trinajstić information content (AvgIpc) is 2.18. The monoisotopic (exact) mass is 173 g/mol. The average molecular weight is 173 g/mol. The summed E-state index contributed by atoms with van der Waals surface area (Å²) in [7, 11) is 0. The van der Waals surface area contributed by atoms with Crippen LogP contribution in [-0.4, -0.2) is 4.98 Å². The Hall–Kier alpha value is -1.97. The SMILES string of the molecule is Nc1ccc2ccncc2c1N=O. The maximum Gasteiger partial charge on any atom is 0.140 e. The number of hydrogen-bond donors (Lipinski definition) is 1. The molecule has 0 fully saturated rings. The maximum atomic E-state index is 10.5. The standard InChI is InChI=1S/C9H7N3O/c10-8-2-1-6-3-4-11-5-7(6)9(8)12-13/h1-5H,10H2. The Morgan fingerprint density at radius 2 is 2.15 bits per heavy atom. The molecule has 1 heterocycles. The van der Waals surface area contributed by atoms with Crippen molar-refractivity contribution in [3.8, 4) is 0 Å². The fourth-order valence-electron chi connectivity index (χ4n) is 1.26. The van der Waals surface area contributed by atoms with Crippen LogP contribution in [0.2, 0.25) is 0 Å². The minimum absolute atomic E-state index is 0.269. The Balaban J connectivity index is 2.91.